The Morgan fingerprint density at radius 2 is 2.18 bits per heavy atom. The molecule has 0 aliphatic carbocycles. The average molecular weight is 160 g/mol. The van der Waals surface area contributed by atoms with Crippen LogP contribution in [0.15, 0.2) is 0 Å². The largest absolute Gasteiger partial charge is 0.390 e. The van der Waals surface area contributed by atoms with Crippen LogP contribution in [-0.2, 0) is 9.47 Å². The maximum absolute atomic E-state index is 9.69. The molecule has 11 heavy (non-hydrogen) atoms. The van der Waals surface area contributed by atoms with Crippen molar-refractivity contribution in [2.24, 2.45) is 0 Å². The Kier molecular flexibility index (Phi) is 2.52. The Hall–Kier alpha value is -0.120. The Morgan fingerprint density at radius 1 is 1.55 bits per heavy atom. The van der Waals surface area contributed by atoms with Crippen molar-refractivity contribution in [2.75, 3.05) is 7.11 Å². The van der Waals surface area contributed by atoms with Crippen molar-refractivity contribution >= 4 is 0 Å². The summed E-state index contributed by atoms with van der Waals surface area (Å²) in [5.41, 5.74) is -0.627. The van der Waals surface area contributed by atoms with E-state index in [0.717, 1.165) is 0 Å². The van der Waals surface area contributed by atoms with E-state index in [1.807, 2.05) is 13.8 Å². The zero-order chi connectivity index (χ0) is 8.48. The molecule has 1 fully saturated rings. The summed E-state index contributed by atoms with van der Waals surface area (Å²) in [6.45, 7) is 3.76. The number of methoxy groups -OCH3 is 1. The van der Waals surface area contributed by atoms with Gasteiger partial charge < -0.3 is 14.6 Å². The van der Waals surface area contributed by atoms with Crippen LogP contribution in [0.4, 0.5) is 0 Å². The summed E-state index contributed by atoms with van der Waals surface area (Å²) in [6, 6.07) is 0. The van der Waals surface area contributed by atoms with Gasteiger partial charge in [0.15, 0.2) is 6.29 Å². The van der Waals surface area contributed by atoms with Crippen molar-refractivity contribution in [1.29, 1.82) is 0 Å². The fraction of sp³-hybridized carbons (Fsp3) is 1.00. The molecule has 0 aromatic rings. The van der Waals surface area contributed by atoms with Gasteiger partial charge in [-0.3, -0.25) is 0 Å². The Morgan fingerprint density at radius 3 is 2.64 bits per heavy atom. The SMILES string of the molecule is CO[C@H]1C[C@@](C)(O)CC(C)O1. The van der Waals surface area contributed by atoms with Crippen molar-refractivity contribution in [2.45, 2.75) is 44.7 Å². The lowest BCUT2D eigenvalue weighted by Crippen LogP contribution is -2.42. The summed E-state index contributed by atoms with van der Waals surface area (Å²) in [4.78, 5) is 0. The van der Waals surface area contributed by atoms with Crippen LogP contribution in [0.1, 0.15) is 26.7 Å². The van der Waals surface area contributed by atoms with Gasteiger partial charge in [0.2, 0.25) is 0 Å². The van der Waals surface area contributed by atoms with Crippen LogP contribution in [0, 0.1) is 0 Å². The van der Waals surface area contributed by atoms with Crippen LogP contribution >= 0.6 is 0 Å². The first kappa shape index (κ1) is 8.97. The van der Waals surface area contributed by atoms with Gasteiger partial charge in [-0.25, -0.2) is 0 Å². The van der Waals surface area contributed by atoms with E-state index in [2.05, 4.69) is 0 Å². The zero-order valence-electron chi connectivity index (χ0n) is 7.33. The van der Waals surface area contributed by atoms with Crippen molar-refractivity contribution in [3.63, 3.8) is 0 Å². The van der Waals surface area contributed by atoms with Gasteiger partial charge in [-0.05, 0) is 13.8 Å². The lowest BCUT2D eigenvalue weighted by molar-refractivity contribution is -0.221. The molecule has 1 unspecified atom stereocenters. The smallest absolute Gasteiger partial charge is 0.160 e. The highest BCUT2D eigenvalue weighted by atomic mass is 16.7. The van der Waals surface area contributed by atoms with Crippen LogP contribution in [0.25, 0.3) is 0 Å². The molecule has 1 heterocycles. The normalized spacial score (nSPS) is 45.8. The fourth-order valence-corrected chi connectivity index (χ4v) is 1.56. The molecule has 1 N–H and O–H groups in total. The summed E-state index contributed by atoms with van der Waals surface area (Å²) in [5.74, 6) is 0. The molecule has 66 valence electrons. The number of hydrogen-bond donors (Lipinski definition) is 1. The van der Waals surface area contributed by atoms with Crippen molar-refractivity contribution in [1.82, 2.24) is 0 Å². The number of ether oxygens (including phenoxy) is 2. The molecule has 0 aromatic heterocycles. The van der Waals surface area contributed by atoms with Gasteiger partial charge >= 0.3 is 0 Å². The monoisotopic (exact) mass is 160 g/mol. The first-order valence-corrected chi connectivity index (χ1v) is 3.94. The summed E-state index contributed by atoms with van der Waals surface area (Å²) in [5, 5.41) is 9.69. The van der Waals surface area contributed by atoms with E-state index in [-0.39, 0.29) is 12.4 Å². The van der Waals surface area contributed by atoms with Gasteiger partial charge in [-0.1, -0.05) is 0 Å². The highest BCUT2D eigenvalue weighted by molar-refractivity contribution is 4.81. The maximum Gasteiger partial charge on any atom is 0.160 e. The predicted octanol–water partition coefficient (Wildman–Crippen LogP) is 0.909. The minimum Gasteiger partial charge on any atom is -0.390 e. The lowest BCUT2D eigenvalue weighted by atomic mass is 9.92. The summed E-state index contributed by atoms with van der Waals surface area (Å²) >= 11 is 0. The highest BCUT2D eigenvalue weighted by Gasteiger charge is 2.34. The minimum absolute atomic E-state index is 0.0868. The topological polar surface area (TPSA) is 38.7 Å². The van der Waals surface area contributed by atoms with E-state index in [1.54, 1.807) is 7.11 Å². The molecule has 0 aromatic carbocycles. The van der Waals surface area contributed by atoms with Gasteiger partial charge in [-0.2, -0.15) is 0 Å². The zero-order valence-corrected chi connectivity index (χ0v) is 7.33. The van der Waals surface area contributed by atoms with Crippen LogP contribution < -0.4 is 0 Å². The third kappa shape index (κ3) is 2.43. The predicted molar refractivity (Wildman–Crippen MR) is 41.2 cm³/mol. The second kappa shape index (κ2) is 3.09. The summed E-state index contributed by atoms with van der Waals surface area (Å²) < 4.78 is 10.4. The average Bonchev–Trinajstić information content (AvgIpc) is 1.83. The van der Waals surface area contributed by atoms with Crippen molar-refractivity contribution in [3.8, 4) is 0 Å². The van der Waals surface area contributed by atoms with Gasteiger partial charge in [0.25, 0.3) is 0 Å². The minimum atomic E-state index is -0.627. The van der Waals surface area contributed by atoms with Gasteiger partial charge in [0.1, 0.15) is 0 Å². The molecular weight excluding hydrogens is 144 g/mol. The first-order valence-electron chi connectivity index (χ1n) is 3.94. The van der Waals surface area contributed by atoms with E-state index in [4.69, 9.17) is 9.47 Å². The third-order valence-corrected chi connectivity index (χ3v) is 1.98. The molecule has 3 heteroatoms. The number of hydrogen-bond acceptors (Lipinski definition) is 3. The maximum atomic E-state index is 9.69. The molecule has 0 radical (unpaired) electrons. The molecule has 0 amide bonds. The third-order valence-electron chi connectivity index (χ3n) is 1.98. The molecule has 3 atom stereocenters. The molecule has 1 saturated heterocycles. The summed E-state index contributed by atoms with van der Waals surface area (Å²) in [7, 11) is 1.60. The molecule has 0 saturated carbocycles. The lowest BCUT2D eigenvalue weighted by Gasteiger charge is -2.36. The van der Waals surface area contributed by atoms with E-state index < -0.39 is 5.60 Å². The second-order valence-electron chi connectivity index (χ2n) is 3.52. The van der Waals surface area contributed by atoms with E-state index >= 15 is 0 Å². The molecule has 1 rings (SSSR count). The molecule has 1 aliphatic rings. The van der Waals surface area contributed by atoms with Gasteiger partial charge in [0.05, 0.1) is 11.7 Å². The Labute approximate surface area is 67.3 Å². The van der Waals surface area contributed by atoms with E-state index in [1.165, 1.54) is 0 Å². The number of rotatable bonds is 1. The van der Waals surface area contributed by atoms with Gasteiger partial charge in [0, 0.05) is 20.0 Å². The summed E-state index contributed by atoms with van der Waals surface area (Å²) in [6.07, 6.45) is 1.10. The molecule has 0 spiro atoms. The van der Waals surface area contributed by atoms with Crippen molar-refractivity contribution in [3.05, 3.63) is 0 Å². The Balaban J connectivity index is 2.51. The number of aliphatic hydroxyl groups is 1. The van der Waals surface area contributed by atoms with Crippen LogP contribution in [-0.4, -0.2) is 30.2 Å². The molecule has 1 aliphatic heterocycles. The van der Waals surface area contributed by atoms with Crippen LogP contribution in [0.2, 0.25) is 0 Å². The Bertz CT molecular complexity index is 133. The van der Waals surface area contributed by atoms with Crippen LogP contribution in [0.5, 0.6) is 0 Å². The quantitative estimate of drug-likeness (QED) is 0.619. The second-order valence-corrected chi connectivity index (χ2v) is 3.52. The van der Waals surface area contributed by atoms with Crippen LogP contribution in [0.3, 0.4) is 0 Å². The van der Waals surface area contributed by atoms with Gasteiger partial charge in [-0.15, -0.1) is 0 Å². The standard InChI is InChI=1S/C8H16O3/c1-6-4-8(2,9)5-7(10-3)11-6/h6-7,9H,4-5H2,1-3H3/t6?,7-,8+/m1/s1. The fourth-order valence-electron chi connectivity index (χ4n) is 1.56. The molecule has 3 nitrogen and oxygen atoms in total. The van der Waals surface area contributed by atoms with Crippen molar-refractivity contribution < 1.29 is 14.6 Å². The molecular formula is C8H16O3. The molecule has 0 bridgehead atoms. The first-order chi connectivity index (χ1) is 5.03. The highest BCUT2D eigenvalue weighted by Crippen LogP contribution is 2.28. The van der Waals surface area contributed by atoms with E-state index in [9.17, 15) is 5.11 Å². The van der Waals surface area contributed by atoms with E-state index in [0.29, 0.717) is 12.8 Å².